The van der Waals surface area contributed by atoms with Crippen LogP contribution < -0.4 is 0 Å². The molecule has 1 aromatic heterocycles. The topological polar surface area (TPSA) is 36.7 Å². The highest BCUT2D eigenvalue weighted by atomic mass is 35.5. The summed E-state index contributed by atoms with van der Waals surface area (Å²) in [6, 6.07) is 18.2. The number of hydrogen-bond acceptors (Lipinski definition) is 3. The van der Waals surface area contributed by atoms with Gasteiger partial charge in [0.25, 0.3) is 0 Å². The molecular formula is C22H16Cl2N2S. The van der Waals surface area contributed by atoms with Gasteiger partial charge in [0.2, 0.25) is 0 Å². The van der Waals surface area contributed by atoms with Crippen molar-refractivity contribution in [2.45, 2.75) is 30.0 Å². The van der Waals surface area contributed by atoms with Gasteiger partial charge in [-0.05, 0) is 48.1 Å². The first-order chi connectivity index (χ1) is 13.2. The summed E-state index contributed by atoms with van der Waals surface area (Å²) in [5, 5.41) is 11.8. The summed E-state index contributed by atoms with van der Waals surface area (Å²) in [5.41, 5.74) is 6.23. The first-order valence-electron chi connectivity index (χ1n) is 8.75. The average molecular weight is 411 g/mol. The van der Waals surface area contributed by atoms with Gasteiger partial charge in [0.15, 0.2) is 0 Å². The molecule has 0 fully saturated rings. The average Bonchev–Trinajstić information content (AvgIpc) is 3.16. The van der Waals surface area contributed by atoms with Gasteiger partial charge in [-0.15, -0.1) is 11.8 Å². The molecule has 1 heterocycles. The molecule has 0 saturated carbocycles. The predicted octanol–water partition coefficient (Wildman–Crippen LogP) is 6.71. The molecule has 27 heavy (non-hydrogen) atoms. The van der Waals surface area contributed by atoms with Crippen molar-refractivity contribution in [3.05, 3.63) is 81.0 Å². The van der Waals surface area contributed by atoms with E-state index in [0.29, 0.717) is 21.4 Å². The molecule has 5 heteroatoms. The lowest BCUT2D eigenvalue weighted by Crippen LogP contribution is -2.00. The van der Waals surface area contributed by atoms with E-state index in [9.17, 15) is 5.26 Å². The monoisotopic (exact) mass is 410 g/mol. The molecule has 0 unspecified atom stereocenters. The van der Waals surface area contributed by atoms with Gasteiger partial charge in [-0.3, -0.25) is 0 Å². The standard InChI is InChI=1S/C22H16Cl2N2S/c23-18-10-9-14(11-19(18)24)13-27-22-17(12-25)21(15-5-2-1-3-6-15)16-7-4-8-20(16)26-22/h1-3,5-6,9-11H,4,7-8,13H2. The third kappa shape index (κ3) is 3.71. The summed E-state index contributed by atoms with van der Waals surface area (Å²) < 4.78 is 0. The number of nitrogens with zero attached hydrogens (tertiary/aromatic N) is 2. The Morgan fingerprint density at radius 3 is 2.59 bits per heavy atom. The van der Waals surface area contributed by atoms with Crippen molar-refractivity contribution in [2.75, 3.05) is 0 Å². The van der Waals surface area contributed by atoms with Crippen LogP contribution in [0.15, 0.2) is 53.6 Å². The number of thioether (sulfide) groups is 1. The maximum absolute atomic E-state index is 9.93. The van der Waals surface area contributed by atoms with E-state index in [4.69, 9.17) is 28.2 Å². The minimum atomic E-state index is 0.544. The van der Waals surface area contributed by atoms with Crippen molar-refractivity contribution in [3.8, 4) is 17.2 Å². The number of rotatable bonds is 4. The molecule has 0 N–H and O–H groups in total. The van der Waals surface area contributed by atoms with Crippen LogP contribution >= 0.6 is 35.0 Å². The number of pyridine rings is 1. The van der Waals surface area contributed by atoms with Crippen LogP contribution in [0.3, 0.4) is 0 Å². The number of benzene rings is 2. The molecule has 2 aromatic carbocycles. The third-order valence-electron chi connectivity index (χ3n) is 4.72. The predicted molar refractivity (Wildman–Crippen MR) is 112 cm³/mol. The molecule has 0 spiro atoms. The molecule has 4 rings (SSSR count). The number of halogens is 2. The molecule has 1 aliphatic rings. The molecular weight excluding hydrogens is 395 g/mol. The summed E-state index contributed by atoms with van der Waals surface area (Å²) >= 11 is 13.7. The van der Waals surface area contributed by atoms with Gasteiger partial charge in [0.1, 0.15) is 11.1 Å². The minimum absolute atomic E-state index is 0.544. The highest BCUT2D eigenvalue weighted by Crippen LogP contribution is 2.39. The zero-order chi connectivity index (χ0) is 18.8. The second kappa shape index (κ2) is 7.94. The van der Waals surface area contributed by atoms with Gasteiger partial charge in [-0.1, -0.05) is 59.6 Å². The lowest BCUT2D eigenvalue weighted by molar-refractivity contribution is 0.891. The van der Waals surface area contributed by atoms with E-state index in [1.54, 1.807) is 17.8 Å². The van der Waals surface area contributed by atoms with Crippen molar-refractivity contribution in [1.82, 2.24) is 4.98 Å². The summed E-state index contributed by atoms with van der Waals surface area (Å²) in [7, 11) is 0. The Morgan fingerprint density at radius 1 is 1.04 bits per heavy atom. The second-order valence-electron chi connectivity index (χ2n) is 6.46. The van der Waals surface area contributed by atoms with E-state index in [2.05, 4.69) is 18.2 Å². The molecule has 2 nitrogen and oxygen atoms in total. The molecule has 134 valence electrons. The Morgan fingerprint density at radius 2 is 1.85 bits per heavy atom. The molecule has 0 atom stereocenters. The second-order valence-corrected chi connectivity index (χ2v) is 8.24. The molecule has 1 aliphatic carbocycles. The summed E-state index contributed by atoms with van der Waals surface area (Å²) in [6.07, 6.45) is 3.05. The Bertz CT molecular complexity index is 1040. The van der Waals surface area contributed by atoms with Gasteiger partial charge in [0.05, 0.1) is 15.6 Å². The molecule has 3 aromatic rings. The van der Waals surface area contributed by atoms with Crippen LogP contribution in [0.5, 0.6) is 0 Å². The SMILES string of the molecule is N#Cc1c(SCc2ccc(Cl)c(Cl)c2)nc2c(c1-c1ccccc1)CCC2. The zero-order valence-electron chi connectivity index (χ0n) is 14.5. The maximum atomic E-state index is 9.93. The van der Waals surface area contributed by atoms with Crippen molar-refractivity contribution in [1.29, 1.82) is 5.26 Å². The normalized spacial score (nSPS) is 12.6. The van der Waals surface area contributed by atoms with E-state index in [1.807, 2.05) is 30.3 Å². The minimum Gasteiger partial charge on any atom is -0.245 e. The van der Waals surface area contributed by atoms with Crippen molar-refractivity contribution < 1.29 is 0 Å². The van der Waals surface area contributed by atoms with Crippen molar-refractivity contribution in [3.63, 3.8) is 0 Å². The van der Waals surface area contributed by atoms with Gasteiger partial charge in [-0.2, -0.15) is 5.26 Å². The van der Waals surface area contributed by atoms with E-state index >= 15 is 0 Å². The Labute approximate surface area is 173 Å². The zero-order valence-corrected chi connectivity index (χ0v) is 16.8. The van der Waals surface area contributed by atoms with Gasteiger partial charge in [-0.25, -0.2) is 4.98 Å². The third-order valence-corrected chi connectivity index (χ3v) is 6.51. The molecule has 0 saturated heterocycles. The molecule has 0 radical (unpaired) electrons. The maximum Gasteiger partial charge on any atom is 0.115 e. The number of aryl methyl sites for hydroxylation is 1. The number of fused-ring (bicyclic) bond motifs is 1. The van der Waals surface area contributed by atoms with E-state index in [-0.39, 0.29) is 0 Å². The largest absolute Gasteiger partial charge is 0.245 e. The summed E-state index contributed by atoms with van der Waals surface area (Å²) in [4.78, 5) is 4.85. The Hall–Kier alpha value is -1.99. The lowest BCUT2D eigenvalue weighted by atomic mass is 9.95. The first-order valence-corrected chi connectivity index (χ1v) is 10.5. The number of nitriles is 1. The highest BCUT2D eigenvalue weighted by Gasteiger charge is 2.24. The molecule has 0 bridgehead atoms. The van der Waals surface area contributed by atoms with Crippen LogP contribution in [0.25, 0.3) is 11.1 Å². The molecule has 0 aliphatic heterocycles. The number of hydrogen-bond donors (Lipinski definition) is 0. The fourth-order valence-electron chi connectivity index (χ4n) is 3.47. The first kappa shape index (κ1) is 18.4. The van der Waals surface area contributed by atoms with Gasteiger partial charge < -0.3 is 0 Å². The van der Waals surface area contributed by atoms with E-state index in [0.717, 1.165) is 46.7 Å². The van der Waals surface area contributed by atoms with Crippen LogP contribution in [0, 0.1) is 11.3 Å². The smallest absolute Gasteiger partial charge is 0.115 e. The number of aromatic nitrogens is 1. The van der Waals surface area contributed by atoms with Gasteiger partial charge >= 0.3 is 0 Å². The molecule has 0 amide bonds. The Kier molecular flexibility index (Phi) is 5.41. The Balaban J connectivity index is 1.75. The summed E-state index contributed by atoms with van der Waals surface area (Å²) in [5.74, 6) is 0.686. The highest BCUT2D eigenvalue weighted by molar-refractivity contribution is 7.98. The summed E-state index contributed by atoms with van der Waals surface area (Å²) in [6.45, 7) is 0. The van der Waals surface area contributed by atoms with Gasteiger partial charge in [0, 0.05) is 17.0 Å². The van der Waals surface area contributed by atoms with Crippen LogP contribution in [0.2, 0.25) is 10.0 Å². The van der Waals surface area contributed by atoms with Crippen molar-refractivity contribution in [2.24, 2.45) is 0 Å². The van der Waals surface area contributed by atoms with Crippen LogP contribution in [-0.4, -0.2) is 4.98 Å². The van der Waals surface area contributed by atoms with Crippen LogP contribution in [-0.2, 0) is 18.6 Å². The quantitative estimate of drug-likeness (QED) is 0.448. The van der Waals surface area contributed by atoms with Crippen LogP contribution in [0.1, 0.15) is 28.8 Å². The van der Waals surface area contributed by atoms with E-state index < -0.39 is 0 Å². The van der Waals surface area contributed by atoms with Crippen molar-refractivity contribution >= 4 is 35.0 Å². The fraction of sp³-hybridized carbons (Fsp3) is 0.182. The van der Waals surface area contributed by atoms with E-state index in [1.165, 1.54) is 5.56 Å². The lowest BCUT2D eigenvalue weighted by Gasteiger charge is -2.14. The van der Waals surface area contributed by atoms with Crippen LogP contribution in [0.4, 0.5) is 0 Å². The fourth-order valence-corrected chi connectivity index (χ4v) is 4.74.